The van der Waals surface area contributed by atoms with Gasteiger partial charge in [-0.15, -0.1) is 0 Å². The molecule has 1 aromatic heterocycles. The van der Waals surface area contributed by atoms with E-state index in [1.807, 2.05) is 41.8 Å². The molecule has 0 spiro atoms. The highest BCUT2D eigenvalue weighted by molar-refractivity contribution is 6.30. The van der Waals surface area contributed by atoms with E-state index in [9.17, 15) is 13.2 Å². The van der Waals surface area contributed by atoms with Gasteiger partial charge >= 0.3 is 6.18 Å². The summed E-state index contributed by atoms with van der Waals surface area (Å²) in [5.74, 6) is 0.565. The van der Waals surface area contributed by atoms with Crippen molar-refractivity contribution in [2.45, 2.75) is 13.1 Å². The zero-order valence-electron chi connectivity index (χ0n) is 14.3. The molecule has 0 aliphatic carbocycles. The zero-order chi connectivity index (χ0) is 19.2. The van der Waals surface area contributed by atoms with Gasteiger partial charge < -0.3 is 0 Å². The minimum atomic E-state index is -4.42. The van der Waals surface area contributed by atoms with Crippen LogP contribution in [0.25, 0.3) is 28.1 Å². The molecule has 0 aliphatic rings. The Morgan fingerprint density at radius 3 is 2.41 bits per heavy atom. The predicted octanol–water partition coefficient (Wildman–Crippen LogP) is 6.67. The molecule has 4 rings (SSSR count). The predicted molar refractivity (Wildman–Crippen MR) is 101 cm³/mol. The monoisotopic (exact) mass is 386 g/mol. The second-order valence-corrected chi connectivity index (χ2v) is 6.76. The maximum absolute atomic E-state index is 13.1. The number of aryl methyl sites for hydroxylation is 1. The van der Waals surface area contributed by atoms with Gasteiger partial charge in [-0.1, -0.05) is 41.4 Å². The van der Waals surface area contributed by atoms with Crippen LogP contribution in [0.4, 0.5) is 13.2 Å². The number of nitrogens with zero attached hydrogens (tertiary/aromatic N) is 2. The summed E-state index contributed by atoms with van der Waals surface area (Å²) < 4.78 is 41.2. The number of aromatic nitrogens is 2. The van der Waals surface area contributed by atoms with Gasteiger partial charge in [0.1, 0.15) is 5.82 Å². The van der Waals surface area contributed by atoms with Gasteiger partial charge in [0.05, 0.1) is 16.6 Å². The topological polar surface area (TPSA) is 17.8 Å². The summed E-state index contributed by atoms with van der Waals surface area (Å²) in [6, 6.07) is 18.5. The third-order valence-corrected chi connectivity index (χ3v) is 4.56. The van der Waals surface area contributed by atoms with Crippen molar-refractivity contribution in [1.29, 1.82) is 0 Å². The molecule has 0 fully saturated rings. The Morgan fingerprint density at radius 1 is 0.926 bits per heavy atom. The van der Waals surface area contributed by atoms with Crippen LogP contribution in [0.3, 0.4) is 0 Å². The molecular weight excluding hydrogens is 373 g/mol. The van der Waals surface area contributed by atoms with Crippen molar-refractivity contribution in [3.8, 4) is 17.1 Å². The smallest absolute Gasteiger partial charge is 0.292 e. The normalized spacial score (nSPS) is 11.9. The average Bonchev–Trinajstić information content (AvgIpc) is 2.99. The number of imidazole rings is 1. The molecule has 4 aromatic rings. The zero-order valence-corrected chi connectivity index (χ0v) is 15.0. The quantitative estimate of drug-likeness (QED) is 0.376. The molecule has 0 unspecified atom stereocenters. The van der Waals surface area contributed by atoms with Crippen LogP contribution in [0.1, 0.15) is 11.1 Å². The first-order valence-corrected chi connectivity index (χ1v) is 8.63. The lowest BCUT2D eigenvalue weighted by atomic mass is 10.1. The van der Waals surface area contributed by atoms with Crippen LogP contribution in [0.15, 0.2) is 66.7 Å². The van der Waals surface area contributed by atoms with Gasteiger partial charge in [0.25, 0.3) is 0 Å². The van der Waals surface area contributed by atoms with Crippen molar-refractivity contribution < 1.29 is 13.2 Å². The highest BCUT2D eigenvalue weighted by atomic mass is 35.5. The third-order valence-electron chi connectivity index (χ3n) is 4.32. The SMILES string of the molecule is Cc1cccc(-c2nc3cc(C(F)(F)F)ccc3n2-c2cccc(Cl)c2)c1. The molecular formula is C21H14ClF3N2. The second-order valence-electron chi connectivity index (χ2n) is 6.32. The summed E-state index contributed by atoms with van der Waals surface area (Å²) in [7, 11) is 0. The molecule has 0 saturated heterocycles. The lowest BCUT2D eigenvalue weighted by molar-refractivity contribution is -0.137. The van der Waals surface area contributed by atoms with Crippen molar-refractivity contribution >= 4 is 22.6 Å². The fourth-order valence-corrected chi connectivity index (χ4v) is 3.30. The number of halogens is 4. The maximum Gasteiger partial charge on any atom is 0.416 e. The standard InChI is InChI=1S/C21H14ClF3N2/c1-13-4-2-5-14(10-13)20-26-18-11-15(21(23,24)25)8-9-19(18)27(20)17-7-3-6-16(22)12-17/h2-12H,1H3. The molecule has 0 aliphatic heterocycles. The summed E-state index contributed by atoms with van der Waals surface area (Å²) in [4.78, 5) is 4.52. The highest BCUT2D eigenvalue weighted by Gasteiger charge is 2.31. The van der Waals surface area contributed by atoms with Crippen LogP contribution in [0.5, 0.6) is 0 Å². The van der Waals surface area contributed by atoms with Crippen LogP contribution in [0, 0.1) is 6.92 Å². The molecule has 136 valence electrons. The summed E-state index contributed by atoms with van der Waals surface area (Å²) in [5.41, 5.74) is 2.73. The minimum absolute atomic E-state index is 0.279. The van der Waals surface area contributed by atoms with Crippen LogP contribution in [0.2, 0.25) is 5.02 Å². The van der Waals surface area contributed by atoms with E-state index < -0.39 is 11.7 Å². The van der Waals surface area contributed by atoms with Crippen LogP contribution in [-0.2, 0) is 6.18 Å². The van der Waals surface area contributed by atoms with E-state index in [-0.39, 0.29) is 5.52 Å². The summed E-state index contributed by atoms with van der Waals surface area (Å²) in [6.07, 6.45) is -4.42. The van der Waals surface area contributed by atoms with Gasteiger partial charge in [-0.2, -0.15) is 13.2 Å². The number of rotatable bonds is 2. The number of hydrogen-bond acceptors (Lipinski definition) is 1. The van der Waals surface area contributed by atoms with Crippen molar-refractivity contribution in [2.75, 3.05) is 0 Å². The Morgan fingerprint density at radius 2 is 1.70 bits per heavy atom. The van der Waals surface area contributed by atoms with Crippen molar-refractivity contribution in [3.05, 3.63) is 82.9 Å². The fourth-order valence-electron chi connectivity index (χ4n) is 3.11. The molecule has 0 atom stereocenters. The number of benzene rings is 3. The molecule has 3 aromatic carbocycles. The summed E-state index contributed by atoms with van der Waals surface area (Å²) in [6.45, 7) is 1.96. The van der Waals surface area contributed by atoms with E-state index in [0.717, 1.165) is 28.9 Å². The molecule has 1 heterocycles. The van der Waals surface area contributed by atoms with Crippen LogP contribution < -0.4 is 0 Å². The lowest BCUT2D eigenvalue weighted by Crippen LogP contribution is -2.04. The Labute approximate surface area is 158 Å². The van der Waals surface area contributed by atoms with Crippen molar-refractivity contribution in [1.82, 2.24) is 9.55 Å². The van der Waals surface area contributed by atoms with Crippen LogP contribution in [-0.4, -0.2) is 9.55 Å². The largest absolute Gasteiger partial charge is 0.416 e. The molecule has 27 heavy (non-hydrogen) atoms. The van der Waals surface area contributed by atoms with Gasteiger partial charge in [0.15, 0.2) is 0 Å². The Bertz CT molecular complexity index is 1150. The molecule has 0 saturated carbocycles. The van der Waals surface area contributed by atoms with E-state index in [1.54, 1.807) is 18.2 Å². The fraction of sp³-hybridized carbons (Fsp3) is 0.0952. The summed E-state index contributed by atoms with van der Waals surface area (Å²) in [5, 5.41) is 0.538. The van der Waals surface area contributed by atoms with E-state index in [2.05, 4.69) is 4.98 Å². The Kier molecular flexibility index (Phi) is 4.19. The molecule has 0 amide bonds. The molecule has 0 N–H and O–H groups in total. The first-order chi connectivity index (χ1) is 12.8. The van der Waals surface area contributed by atoms with Gasteiger partial charge in [-0.05, 0) is 49.4 Å². The number of fused-ring (bicyclic) bond motifs is 1. The lowest BCUT2D eigenvalue weighted by Gasteiger charge is -2.11. The molecule has 6 heteroatoms. The molecule has 0 radical (unpaired) electrons. The number of hydrogen-bond donors (Lipinski definition) is 0. The second kappa shape index (κ2) is 6.43. The van der Waals surface area contributed by atoms with Crippen molar-refractivity contribution in [3.63, 3.8) is 0 Å². The first-order valence-electron chi connectivity index (χ1n) is 8.25. The minimum Gasteiger partial charge on any atom is -0.292 e. The van der Waals surface area contributed by atoms with Gasteiger partial charge in [0.2, 0.25) is 0 Å². The Balaban J connectivity index is 2.04. The van der Waals surface area contributed by atoms with E-state index in [4.69, 9.17) is 11.6 Å². The van der Waals surface area contributed by atoms with Crippen molar-refractivity contribution in [2.24, 2.45) is 0 Å². The van der Waals surface area contributed by atoms with Crippen LogP contribution >= 0.6 is 11.6 Å². The highest BCUT2D eigenvalue weighted by Crippen LogP contribution is 2.34. The first kappa shape index (κ1) is 17.6. The third kappa shape index (κ3) is 3.30. The average molecular weight is 387 g/mol. The van der Waals surface area contributed by atoms with Gasteiger partial charge in [-0.25, -0.2) is 4.98 Å². The maximum atomic E-state index is 13.1. The van der Waals surface area contributed by atoms with Gasteiger partial charge in [0, 0.05) is 16.3 Å². The molecule has 0 bridgehead atoms. The number of alkyl halides is 3. The van der Waals surface area contributed by atoms with E-state index in [1.165, 1.54) is 6.07 Å². The summed E-state index contributed by atoms with van der Waals surface area (Å²) >= 11 is 6.14. The van der Waals surface area contributed by atoms with Gasteiger partial charge in [-0.3, -0.25) is 4.57 Å². The van der Waals surface area contributed by atoms with E-state index >= 15 is 0 Å². The van der Waals surface area contributed by atoms with E-state index in [0.29, 0.717) is 16.4 Å². The Hall–Kier alpha value is -2.79. The molecule has 2 nitrogen and oxygen atoms in total.